The third-order valence-corrected chi connectivity index (χ3v) is 2.22. The number of carboxylic acid groups (broad SMARTS) is 1. The van der Waals surface area contributed by atoms with Crippen LogP contribution in [0.3, 0.4) is 0 Å². The molecule has 0 amide bonds. The Bertz CT molecular complexity index is 299. The van der Waals surface area contributed by atoms with Crippen LogP contribution < -0.4 is 0 Å². The van der Waals surface area contributed by atoms with Crippen molar-refractivity contribution in [1.82, 2.24) is 0 Å². The Balaban J connectivity index is 4.34. The lowest BCUT2D eigenvalue weighted by Crippen LogP contribution is -2.48. The molecule has 0 heterocycles. The van der Waals surface area contributed by atoms with E-state index < -0.39 is 44.8 Å². The van der Waals surface area contributed by atoms with Crippen molar-refractivity contribution in [3.63, 3.8) is 0 Å². The highest BCUT2D eigenvalue weighted by molar-refractivity contribution is 7.46. The number of hydrogen-bond acceptors (Lipinski definition) is 7. The molecule has 11 heteroatoms. The van der Waals surface area contributed by atoms with E-state index in [-0.39, 0.29) is 0 Å². The van der Waals surface area contributed by atoms with Crippen molar-refractivity contribution in [2.24, 2.45) is 0 Å². The van der Waals surface area contributed by atoms with Gasteiger partial charge in [-0.3, -0.25) is 4.52 Å². The summed E-state index contributed by atoms with van der Waals surface area (Å²) in [6, 6.07) is 0. The van der Waals surface area contributed by atoms with Crippen LogP contribution in [0.2, 0.25) is 0 Å². The molecule has 0 aliphatic carbocycles. The summed E-state index contributed by atoms with van der Waals surface area (Å²) in [5, 5.41) is 44.4. The standard InChI is InChI=1S/C6H13O10P/c7-2(1-16-17(13,14)15)3(8)4(9)5(10)6(11)12/h2-5,7-10H,1H2,(H,11,12)(H2,13,14,15)/t2-,3-,4-,5+/m0/s1. The molecule has 0 aromatic carbocycles. The minimum absolute atomic E-state index is 1.05. The molecule has 0 rings (SSSR count). The van der Waals surface area contributed by atoms with E-state index in [9.17, 15) is 9.36 Å². The maximum atomic E-state index is 10.2. The van der Waals surface area contributed by atoms with Crippen molar-refractivity contribution in [3.05, 3.63) is 0 Å². The molecular weight excluding hydrogens is 263 g/mol. The first-order valence-electron chi connectivity index (χ1n) is 4.21. The Morgan fingerprint density at radius 1 is 1.12 bits per heavy atom. The largest absolute Gasteiger partial charge is 0.479 e. The van der Waals surface area contributed by atoms with Gasteiger partial charge < -0.3 is 35.3 Å². The van der Waals surface area contributed by atoms with Gasteiger partial charge in [-0.15, -0.1) is 0 Å². The molecular formula is C6H13O10P. The van der Waals surface area contributed by atoms with E-state index in [1.165, 1.54) is 0 Å². The van der Waals surface area contributed by atoms with Crippen LogP contribution in [0.4, 0.5) is 0 Å². The number of aliphatic hydroxyl groups excluding tert-OH is 4. The highest BCUT2D eigenvalue weighted by Crippen LogP contribution is 2.35. The van der Waals surface area contributed by atoms with E-state index in [2.05, 4.69) is 4.52 Å². The first kappa shape index (κ1) is 16.4. The predicted molar refractivity (Wildman–Crippen MR) is 49.7 cm³/mol. The van der Waals surface area contributed by atoms with Gasteiger partial charge in [0.25, 0.3) is 0 Å². The van der Waals surface area contributed by atoms with Gasteiger partial charge in [0, 0.05) is 0 Å². The smallest absolute Gasteiger partial charge is 0.469 e. The van der Waals surface area contributed by atoms with Crippen LogP contribution in [-0.4, -0.2) is 72.3 Å². The summed E-state index contributed by atoms with van der Waals surface area (Å²) in [7, 11) is -4.86. The molecule has 102 valence electrons. The van der Waals surface area contributed by atoms with E-state index >= 15 is 0 Å². The summed E-state index contributed by atoms with van der Waals surface area (Å²) in [5.41, 5.74) is 0. The zero-order chi connectivity index (χ0) is 13.8. The molecule has 0 spiro atoms. The fraction of sp³-hybridized carbons (Fsp3) is 0.833. The van der Waals surface area contributed by atoms with Crippen LogP contribution >= 0.6 is 7.82 Å². The molecule has 0 saturated carbocycles. The van der Waals surface area contributed by atoms with Gasteiger partial charge >= 0.3 is 13.8 Å². The Morgan fingerprint density at radius 2 is 1.59 bits per heavy atom. The SMILES string of the molecule is O=C(O)[C@H](O)[C@@H](O)[C@@H](O)[C@@H](O)COP(=O)(O)O. The second kappa shape index (κ2) is 6.38. The summed E-state index contributed by atoms with van der Waals surface area (Å²) in [6.07, 6.45) is -8.71. The number of rotatable bonds is 7. The molecule has 0 radical (unpaired) electrons. The molecule has 17 heavy (non-hydrogen) atoms. The predicted octanol–water partition coefficient (Wildman–Crippen LogP) is -3.38. The van der Waals surface area contributed by atoms with Crippen LogP contribution in [0, 0.1) is 0 Å². The summed E-state index contributed by atoms with van der Waals surface area (Å²) in [6.45, 7) is -1.05. The van der Waals surface area contributed by atoms with Crippen molar-refractivity contribution >= 4 is 13.8 Å². The van der Waals surface area contributed by atoms with Crippen molar-refractivity contribution < 1.29 is 49.2 Å². The number of hydrogen-bond donors (Lipinski definition) is 7. The molecule has 0 aliphatic heterocycles. The molecule has 0 fully saturated rings. The van der Waals surface area contributed by atoms with Crippen molar-refractivity contribution in [3.8, 4) is 0 Å². The van der Waals surface area contributed by atoms with E-state index in [1.54, 1.807) is 0 Å². The van der Waals surface area contributed by atoms with Gasteiger partial charge in [0.05, 0.1) is 6.61 Å². The highest BCUT2D eigenvalue weighted by atomic mass is 31.2. The number of aliphatic carboxylic acids is 1. The Morgan fingerprint density at radius 3 is 1.94 bits per heavy atom. The lowest BCUT2D eigenvalue weighted by molar-refractivity contribution is -0.164. The topological polar surface area (TPSA) is 185 Å². The first-order valence-corrected chi connectivity index (χ1v) is 5.74. The zero-order valence-electron chi connectivity index (χ0n) is 8.32. The molecule has 0 saturated heterocycles. The second-order valence-corrected chi connectivity index (χ2v) is 4.36. The number of carboxylic acids is 1. The fourth-order valence-electron chi connectivity index (χ4n) is 0.833. The Kier molecular flexibility index (Phi) is 6.16. The highest BCUT2D eigenvalue weighted by Gasteiger charge is 2.35. The maximum Gasteiger partial charge on any atom is 0.469 e. The molecule has 10 nitrogen and oxygen atoms in total. The normalized spacial score (nSPS) is 19.4. The third kappa shape index (κ3) is 6.05. The van der Waals surface area contributed by atoms with E-state index in [0.29, 0.717) is 0 Å². The minimum Gasteiger partial charge on any atom is -0.479 e. The van der Waals surface area contributed by atoms with Gasteiger partial charge in [-0.05, 0) is 0 Å². The molecule has 7 N–H and O–H groups in total. The van der Waals surface area contributed by atoms with Crippen LogP contribution in [0.5, 0.6) is 0 Å². The van der Waals surface area contributed by atoms with Crippen LogP contribution in [-0.2, 0) is 13.9 Å². The Hall–Kier alpha value is -0.580. The van der Waals surface area contributed by atoms with Gasteiger partial charge in [0.1, 0.15) is 18.3 Å². The lowest BCUT2D eigenvalue weighted by Gasteiger charge is -2.24. The number of phosphoric acid groups is 1. The molecule has 0 unspecified atom stereocenters. The third-order valence-electron chi connectivity index (χ3n) is 1.73. The van der Waals surface area contributed by atoms with Gasteiger partial charge in [0.2, 0.25) is 0 Å². The summed E-state index contributed by atoms with van der Waals surface area (Å²) in [4.78, 5) is 26.8. The summed E-state index contributed by atoms with van der Waals surface area (Å²) < 4.78 is 14.1. The van der Waals surface area contributed by atoms with E-state index in [4.69, 9.17) is 35.3 Å². The summed E-state index contributed by atoms with van der Waals surface area (Å²) in [5.74, 6) is -1.83. The number of phosphoric ester groups is 1. The van der Waals surface area contributed by atoms with Gasteiger partial charge in [-0.2, -0.15) is 0 Å². The average molecular weight is 276 g/mol. The molecule has 0 bridgehead atoms. The van der Waals surface area contributed by atoms with E-state index in [1.807, 2.05) is 0 Å². The van der Waals surface area contributed by atoms with Crippen LogP contribution in [0.25, 0.3) is 0 Å². The minimum atomic E-state index is -4.86. The average Bonchev–Trinajstić information content (AvgIpc) is 2.21. The van der Waals surface area contributed by atoms with Crippen molar-refractivity contribution in [1.29, 1.82) is 0 Å². The van der Waals surface area contributed by atoms with Gasteiger partial charge in [-0.25, -0.2) is 9.36 Å². The quantitative estimate of drug-likeness (QED) is 0.231. The number of aliphatic hydroxyl groups is 4. The van der Waals surface area contributed by atoms with E-state index in [0.717, 1.165) is 0 Å². The van der Waals surface area contributed by atoms with Crippen LogP contribution in [0.1, 0.15) is 0 Å². The van der Waals surface area contributed by atoms with Crippen molar-refractivity contribution in [2.45, 2.75) is 24.4 Å². The second-order valence-electron chi connectivity index (χ2n) is 3.12. The maximum absolute atomic E-state index is 10.2. The number of carbonyl (C=O) groups is 1. The molecule has 0 aliphatic rings. The zero-order valence-corrected chi connectivity index (χ0v) is 9.21. The monoisotopic (exact) mass is 276 g/mol. The van der Waals surface area contributed by atoms with Crippen LogP contribution in [0.15, 0.2) is 0 Å². The molecule has 0 aromatic rings. The fourth-order valence-corrected chi connectivity index (χ4v) is 1.18. The first-order chi connectivity index (χ1) is 7.56. The molecule has 0 aromatic heterocycles. The Labute approximate surface area is 94.9 Å². The van der Waals surface area contributed by atoms with Gasteiger partial charge in [0.15, 0.2) is 6.10 Å². The lowest BCUT2D eigenvalue weighted by atomic mass is 10.0. The molecule has 4 atom stereocenters. The van der Waals surface area contributed by atoms with Crippen molar-refractivity contribution in [2.75, 3.05) is 6.61 Å². The van der Waals surface area contributed by atoms with Gasteiger partial charge in [-0.1, -0.05) is 0 Å². The summed E-state index contributed by atoms with van der Waals surface area (Å²) >= 11 is 0.